The molecule has 19 heavy (non-hydrogen) atoms. The predicted molar refractivity (Wildman–Crippen MR) is 72.7 cm³/mol. The van der Waals surface area contributed by atoms with Crippen molar-refractivity contribution in [2.75, 3.05) is 0 Å². The number of hydrogen-bond donors (Lipinski definition) is 1. The maximum Gasteiger partial charge on any atom is 0.226 e. The summed E-state index contributed by atoms with van der Waals surface area (Å²) in [6.07, 6.45) is 4.33. The molecule has 2 N–H and O–H groups in total. The molecule has 0 aliphatic heterocycles. The monoisotopic (exact) mass is 257 g/mol. The molecule has 100 valence electrons. The molecule has 0 bridgehead atoms. The number of hydrogen-bond acceptors (Lipinski definition) is 4. The van der Waals surface area contributed by atoms with E-state index in [9.17, 15) is 0 Å². The van der Waals surface area contributed by atoms with Crippen LogP contribution in [0.3, 0.4) is 0 Å². The highest BCUT2D eigenvalue weighted by Crippen LogP contribution is 2.43. The van der Waals surface area contributed by atoms with Crippen LogP contribution in [0.15, 0.2) is 28.8 Å². The van der Waals surface area contributed by atoms with Crippen LogP contribution in [-0.4, -0.2) is 10.1 Å². The van der Waals surface area contributed by atoms with E-state index >= 15 is 0 Å². The first-order chi connectivity index (χ1) is 9.29. The second kappa shape index (κ2) is 5.13. The van der Waals surface area contributed by atoms with Gasteiger partial charge in [0.15, 0.2) is 5.82 Å². The lowest BCUT2D eigenvalue weighted by atomic mass is 9.97. The van der Waals surface area contributed by atoms with E-state index in [1.807, 2.05) is 6.07 Å². The third-order valence-electron chi connectivity index (χ3n) is 3.57. The van der Waals surface area contributed by atoms with Crippen LogP contribution in [-0.2, 0) is 6.42 Å². The Kier molecular flexibility index (Phi) is 3.34. The lowest BCUT2D eigenvalue weighted by Gasteiger charge is -2.12. The second-order valence-corrected chi connectivity index (χ2v) is 5.18. The van der Waals surface area contributed by atoms with Crippen molar-refractivity contribution < 1.29 is 4.52 Å². The molecule has 1 fully saturated rings. The molecule has 0 saturated heterocycles. The van der Waals surface area contributed by atoms with Crippen LogP contribution in [0.4, 0.5) is 0 Å². The molecule has 3 rings (SSSR count). The molecule has 1 aliphatic carbocycles. The Morgan fingerprint density at radius 2 is 2.16 bits per heavy atom. The third kappa shape index (κ3) is 2.54. The van der Waals surface area contributed by atoms with Crippen LogP contribution in [0.25, 0.3) is 0 Å². The maximum atomic E-state index is 6.31. The molecule has 1 aromatic carbocycles. The van der Waals surface area contributed by atoms with Gasteiger partial charge in [-0.1, -0.05) is 36.3 Å². The molecule has 1 aliphatic rings. The fourth-order valence-corrected chi connectivity index (χ4v) is 2.41. The van der Waals surface area contributed by atoms with Gasteiger partial charge in [0.2, 0.25) is 5.89 Å². The summed E-state index contributed by atoms with van der Waals surface area (Å²) < 4.78 is 5.22. The van der Waals surface area contributed by atoms with E-state index < -0.39 is 0 Å². The number of aromatic nitrogens is 2. The van der Waals surface area contributed by atoms with Gasteiger partial charge in [0, 0.05) is 6.42 Å². The zero-order valence-electron chi connectivity index (χ0n) is 11.2. The standard InChI is InChI=1S/C15H19N3O/c1-2-5-13-17-15(18-19-13)14(16)12-7-4-3-6-11(12)10-8-9-10/h3-4,6-7,10,14H,2,5,8-9,16H2,1H3. The highest BCUT2D eigenvalue weighted by molar-refractivity contribution is 5.37. The summed E-state index contributed by atoms with van der Waals surface area (Å²) >= 11 is 0. The molecule has 1 atom stereocenters. The van der Waals surface area contributed by atoms with E-state index in [1.54, 1.807) is 0 Å². The molecule has 0 amide bonds. The average molecular weight is 257 g/mol. The molecule has 4 heteroatoms. The van der Waals surface area contributed by atoms with E-state index in [-0.39, 0.29) is 6.04 Å². The predicted octanol–water partition coefficient (Wildman–Crippen LogP) is 2.95. The fourth-order valence-electron chi connectivity index (χ4n) is 2.41. The number of aryl methyl sites for hydroxylation is 1. The molecule has 4 nitrogen and oxygen atoms in total. The minimum Gasteiger partial charge on any atom is -0.339 e. The van der Waals surface area contributed by atoms with Crippen molar-refractivity contribution in [1.82, 2.24) is 10.1 Å². The average Bonchev–Trinajstić information content (AvgIpc) is 3.18. The first kappa shape index (κ1) is 12.4. The fraction of sp³-hybridized carbons (Fsp3) is 0.467. The Bertz CT molecular complexity index is 560. The van der Waals surface area contributed by atoms with Crippen molar-refractivity contribution in [3.8, 4) is 0 Å². The highest BCUT2D eigenvalue weighted by Gasteiger charge is 2.28. The molecule has 1 saturated carbocycles. The van der Waals surface area contributed by atoms with E-state index in [1.165, 1.54) is 18.4 Å². The third-order valence-corrected chi connectivity index (χ3v) is 3.57. The Balaban J connectivity index is 1.88. The maximum absolute atomic E-state index is 6.31. The van der Waals surface area contributed by atoms with Gasteiger partial charge in [-0.3, -0.25) is 0 Å². The van der Waals surface area contributed by atoms with Crippen LogP contribution < -0.4 is 5.73 Å². The molecule has 1 unspecified atom stereocenters. The van der Waals surface area contributed by atoms with Gasteiger partial charge >= 0.3 is 0 Å². The molecule has 2 aromatic rings. The van der Waals surface area contributed by atoms with E-state index in [4.69, 9.17) is 10.3 Å². The molecular formula is C15H19N3O. The number of nitrogens with two attached hydrogens (primary N) is 1. The van der Waals surface area contributed by atoms with Gasteiger partial charge in [-0.25, -0.2) is 0 Å². The summed E-state index contributed by atoms with van der Waals surface area (Å²) in [4.78, 5) is 4.39. The summed E-state index contributed by atoms with van der Waals surface area (Å²) in [7, 11) is 0. The zero-order chi connectivity index (χ0) is 13.2. The Hall–Kier alpha value is -1.68. The second-order valence-electron chi connectivity index (χ2n) is 5.18. The first-order valence-corrected chi connectivity index (χ1v) is 6.96. The Morgan fingerprint density at radius 3 is 2.89 bits per heavy atom. The van der Waals surface area contributed by atoms with E-state index in [0.717, 1.165) is 18.4 Å². The summed E-state index contributed by atoms with van der Waals surface area (Å²) in [6.45, 7) is 2.09. The summed E-state index contributed by atoms with van der Waals surface area (Å²) in [5, 5.41) is 4.02. The molecule has 1 heterocycles. The lowest BCUT2D eigenvalue weighted by Crippen LogP contribution is -2.15. The van der Waals surface area contributed by atoms with Crippen molar-refractivity contribution in [2.24, 2.45) is 5.73 Å². The van der Waals surface area contributed by atoms with Gasteiger partial charge < -0.3 is 10.3 Å². The van der Waals surface area contributed by atoms with Crippen molar-refractivity contribution in [3.63, 3.8) is 0 Å². The molecular weight excluding hydrogens is 238 g/mol. The molecule has 0 spiro atoms. The van der Waals surface area contributed by atoms with Crippen LogP contribution in [0.2, 0.25) is 0 Å². The first-order valence-electron chi connectivity index (χ1n) is 6.96. The van der Waals surface area contributed by atoms with Crippen LogP contribution in [0.5, 0.6) is 0 Å². The van der Waals surface area contributed by atoms with Crippen molar-refractivity contribution in [3.05, 3.63) is 47.1 Å². The highest BCUT2D eigenvalue weighted by atomic mass is 16.5. The number of rotatable bonds is 5. The van der Waals surface area contributed by atoms with Gasteiger partial charge in [0.05, 0.1) is 6.04 Å². The van der Waals surface area contributed by atoms with Gasteiger partial charge in [0.1, 0.15) is 0 Å². The number of nitrogens with zero attached hydrogens (tertiary/aromatic N) is 2. The summed E-state index contributed by atoms with van der Waals surface area (Å²) in [6, 6.07) is 8.05. The Morgan fingerprint density at radius 1 is 1.37 bits per heavy atom. The van der Waals surface area contributed by atoms with Gasteiger partial charge in [0.25, 0.3) is 0 Å². The lowest BCUT2D eigenvalue weighted by molar-refractivity contribution is 0.370. The van der Waals surface area contributed by atoms with Crippen molar-refractivity contribution in [1.29, 1.82) is 0 Å². The van der Waals surface area contributed by atoms with Crippen LogP contribution in [0.1, 0.15) is 61.0 Å². The van der Waals surface area contributed by atoms with E-state index in [0.29, 0.717) is 17.6 Å². The van der Waals surface area contributed by atoms with Crippen molar-refractivity contribution in [2.45, 2.75) is 44.6 Å². The largest absolute Gasteiger partial charge is 0.339 e. The topological polar surface area (TPSA) is 64.9 Å². The van der Waals surface area contributed by atoms with Crippen LogP contribution in [0, 0.1) is 0 Å². The Labute approximate surface area is 113 Å². The zero-order valence-corrected chi connectivity index (χ0v) is 11.2. The quantitative estimate of drug-likeness (QED) is 0.894. The SMILES string of the molecule is CCCc1nc(C(N)c2ccccc2C2CC2)no1. The minimum atomic E-state index is -0.286. The van der Waals surface area contributed by atoms with Crippen molar-refractivity contribution >= 4 is 0 Å². The summed E-state index contributed by atoms with van der Waals surface area (Å²) in [5.74, 6) is 1.94. The van der Waals surface area contributed by atoms with Gasteiger partial charge in [-0.05, 0) is 36.3 Å². The van der Waals surface area contributed by atoms with Gasteiger partial charge in [-0.15, -0.1) is 0 Å². The van der Waals surface area contributed by atoms with E-state index in [2.05, 4.69) is 35.3 Å². The van der Waals surface area contributed by atoms with Gasteiger partial charge in [-0.2, -0.15) is 4.98 Å². The molecule has 1 aromatic heterocycles. The normalized spacial score (nSPS) is 16.5. The summed E-state index contributed by atoms with van der Waals surface area (Å²) in [5.41, 5.74) is 8.78. The van der Waals surface area contributed by atoms with Crippen LogP contribution >= 0.6 is 0 Å². The molecule has 0 radical (unpaired) electrons. The number of benzene rings is 1. The smallest absolute Gasteiger partial charge is 0.226 e. The minimum absolute atomic E-state index is 0.286.